The molecular formula is C28H41N7O5. The number of carboxylic acid groups (broad SMARTS) is 1. The molecule has 1 aliphatic heterocycles. The number of unbranched alkanes of at least 4 members (excludes halogenated alkanes) is 1. The van der Waals surface area contributed by atoms with Crippen LogP contribution in [0.15, 0.2) is 29.1 Å². The number of rotatable bonds is 15. The lowest BCUT2D eigenvalue weighted by molar-refractivity contribution is -0.138. The zero-order valence-corrected chi connectivity index (χ0v) is 23.5. The number of anilines is 1. The fourth-order valence-corrected chi connectivity index (χ4v) is 4.80. The van der Waals surface area contributed by atoms with E-state index in [1.165, 1.54) is 0 Å². The maximum atomic E-state index is 12.8. The Morgan fingerprint density at radius 3 is 2.77 bits per heavy atom. The lowest BCUT2D eigenvalue weighted by Crippen LogP contribution is -2.41. The minimum absolute atomic E-state index is 0.175. The van der Waals surface area contributed by atoms with Crippen LogP contribution in [0.25, 0.3) is 11.2 Å². The number of fused-ring (bicyclic) bond motifs is 1. The topological polar surface area (TPSA) is 152 Å². The molecule has 3 heterocycles. The van der Waals surface area contributed by atoms with Crippen molar-refractivity contribution in [3.63, 3.8) is 0 Å². The van der Waals surface area contributed by atoms with Gasteiger partial charge in [-0.2, -0.15) is 9.97 Å². The van der Waals surface area contributed by atoms with Gasteiger partial charge in [0.05, 0.1) is 25.7 Å². The third-order valence-corrected chi connectivity index (χ3v) is 7.28. The third kappa shape index (κ3) is 7.80. The summed E-state index contributed by atoms with van der Waals surface area (Å²) in [6, 6.07) is 7.96. The first kappa shape index (κ1) is 29.5. The predicted octanol–water partition coefficient (Wildman–Crippen LogP) is 2.29. The first-order valence-electron chi connectivity index (χ1n) is 14.1. The number of hydrogen-bond donors (Lipinski definition) is 3. The summed E-state index contributed by atoms with van der Waals surface area (Å²) in [6.07, 6.45) is 2.56. The average molecular weight is 556 g/mol. The van der Waals surface area contributed by atoms with Crippen LogP contribution >= 0.6 is 0 Å². The number of H-pyrrole nitrogens is 1. The van der Waals surface area contributed by atoms with Crippen molar-refractivity contribution < 1.29 is 19.4 Å². The Balaban J connectivity index is 1.46. The van der Waals surface area contributed by atoms with E-state index in [1.54, 1.807) is 11.5 Å². The maximum Gasteiger partial charge on any atom is 0.327 e. The molecule has 40 heavy (non-hydrogen) atoms. The van der Waals surface area contributed by atoms with Gasteiger partial charge < -0.3 is 25.3 Å². The number of nitrogens with two attached hydrogens (primary N) is 1. The number of morpholine rings is 1. The van der Waals surface area contributed by atoms with Gasteiger partial charge in [0, 0.05) is 45.8 Å². The lowest BCUT2D eigenvalue weighted by atomic mass is 9.99. The van der Waals surface area contributed by atoms with E-state index < -0.39 is 11.9 Å². The number of imidazole rings is 1. The van der Waals surface area contributed by atoms with Gasteiger partial charge in [-0.15, -0.1) is 0 Å². The highest BCUT2D eigenvalue weighted by Gasteiger charge is 2.18. The van der Waals surface area contributed by atoms with Gasteiger partial charge in [-0.3, -0.25) is 19.2 Å². The van der Waals surface area contributed by atoms with Gasteiger partial charge in [-0.1, -0.05) is 37.6 Å². The number of nitrogen functional groups attached to an aromatic ring is 1. The second kappa shape index (κ2) is 14.2. The van der Waals surface area contributed by atoms with Crippen molar-refractivity contribution in [3.8, 4) is 6.01 Å². The molecule has 1 unspecified atom stereocenters. The van der Waals surface area contributed by atoms with Crippen molar-refractivity contribution >= 4 is 23.0 Å². The standard InChI is InChI=1S/C28H41N7O5/c1-3-4-15-40-27-31-24(29)23-25(32-27)35(28(38)30-23)10-6-9-34(12-11-33-13-16-39-17-14-33)19-21-7-5-8-22(18-21)20(2)26(36)37/h5,7-8,18,20H,3-4,6,9-17,19H2,1-2H3,(H,30,38)(H,36,37)(H2,29,31,32). The number of aryl methyl sites for hydroxylation is 1. The Labute approximate surface area is 234 Å². The highest BCUT2D eigenvalue weighted by atomic mass is 16.5. The summed E-state index contributed by atoms with van der Waals surface area (Å²) in [5.41, 5.74) is 8.53. The minimum Gasteiger partial charge on any atom is -0.481 e. The molecule has 12 heteroatoms. The summed E-state index contributed by atoms with van der Waals surface area (Å²) in [6.45, 7) is 11.2. The molecule has 12 nitrogen and oxygen atoms in total. The molecule has 0 aliphatic carbocycles. The maximum absolute atomic E-state index is 12.8. The highest BCUT2D eigenvalue weighted by molar-refractivity contribution is 5.81. The molecule has 1 aromatic carbocycles. The van der Waals surface area contributed by atoms with Crippen molar-refractivity contribution in [2.24, 2.45) is 0 Å². The number of aromatic amines is 1. The number of hydrogen-bond acceptors (Lipinski definition) is 9. The lowest BCUT2D eigenvalue weighted by Gasteiger charge is -2.30. The molecule has 0 saturated carbocycles. The predicted molar refractivity (Wildman–Crippen MR) is 153 cm³/mol. The van der Waals surface area contributed by atoms with Crippen molar-refractivity contribution in [2.75, 3.05) is 58.3 Å². The van der Waals surface area contributed by atoms with Crippen LogP contribution in [-0.4, -0.2) is 92.9 Å². The van der Waals surface area contributed by atoms with Crippen LogP contribution < -0.4 is 16.2 Å². The van der Waals surface area contributed by atoms with Gasteiger partial charge in [-0.25, -0.2) is 4.79 Å². The molecule has 0 radical (unpaired) electrons. The summed E-state index contributed by atoms with van der Waals surface area (Å²) in [5.74, 6) is -1.22. The zero-order chi connectivity index (χ0) is 28.5. The van der Waals surface area contributed by atoms with Crippen LogP contribution in [0.2, 0.25) is 0 Å². The molecule has 218 valence electrons. The molecule has 1 fully saturated rings. The Hall–Kier alpha value is -3.48. The van der Waals surface area contributed by atoms with E-state index in [4.69, 9.17) is 15.2 Å². The van der Waals surface area contributed by atoms with Crippen LogP contribution in [-0.2, 0) is 22.6 Å². The Bertz CT molecular complexity index is 1320. The van der Waals surface area contributed by atoms with Crippen LogP contribution in [0.5, 0.6) is 6.01 Å². The molecule has 1 aliphatic rings. The number of ether oxygens (including phenoxy) is 2. The van der Waals surface area contributed by atoms with E-state index >= 15 is 0 Å². The van der Waals surface area contributed by atoms with Gasteiger partial charge in [0.25, 0.3) is 0 Å². The molecule has 3 aromatic rings. The van der Waals surface area contributed by atoms with Crippen LogP contribution in [0.1, 0.15) is 50.2 Å². The average Bonchev–Trinajstić information content (AvgIpc) is 3.27. The van der Waals surface area contributed by atoms with Gasteiger partial charge >= 0.3 is 17.7 Å². The SMILES string of the molecule is CCCCOc1nc(N)c2[nH]c(=O)n(CCCN(CCN3CCOCC3)Cc3cccc(C(C)C(=O)O)c3)c2n1. The number of nitrogens with zero attached hydrogens (tertiary/aromatic N) is 5. The van der Waals surface area contributed by atoms with Gasteiger partial charge in [-0.05, 0) is 30.9 Å². The zero-order valence-electron chi connectivity index (χ0n) is 23.5. The Kier molecular flexibility index (Phi) is 10.5. The van der Waals surface area contributed by atoms with Crippen LogP contribution in [0, 0.1) is 0 Å². The second-order valence-corrected chi connectivity index (χ2v) is 10.3. The fraction of sp³-hybridized carbons (Fsp3) is 0.571. The summed E-state index contributed by atoms with van der Waals surface area (Å²) in [4.78, 5) is 40.5. The first-order chi connectivity index (χ1) is 19.4. The van der Waals surface area contributed by atoms with Crippen LogP contribution in [0.4, 0.5) is 5.82 Å². The van der Waals surface area contributed by atoms with Crippen molar-refractivity contribution in [2.45, 2.75) is 52.1 Å². The van der Waals surface area contributed by atoms with Crippen molar-refractivity contribution in [3.05, 3.63) is 45.9 Å². The van der Waals surface area contributed by atoms with Crippen LogP contribution in [0.3, 0.4) is 0 Å². The summed E-state index contributed by atoms with van der Waals surface area (Å²) >= 11 is 0. The molecule has 1 atom stereocenters. The number of carboxylic acids is 1. The fourth-order valence-electron chi connectivity index (χ4n) is 4.80. The highest BCUT2D eigenvalue weighted by Crippen LogP contribution is 2.20. The molecule has 1 saturated heterocycles. The summed E-state index contributed by atoms with van der Waals surface area (Å²) in [7, 11) is 0. The summed E-state index contributed by atoms with van der Waals surface area (Å²) in [5, 5.41) is 9.45. The molecular weight excluding hydrogens is 514 g/mol. The van der Waals surface area contributed by atoms with E-state index in [2.05, 4.69) is 31.7 Å². The summed E-state index contributed by atoms with van der Waals surface area (Å²) < 4.78 is 12.7. The molecule has 0 bridgehead atoms. The monoisotopic (exact) mass is 555 g/mol. The van der Waals surface area contributed by atoms with Gasteiger partial charge in [0.2, 0.25) is 0 Å². The first-order valence-corrected chi connectivity index (χ1v) is 14.1. The van der Waals surface area contributed by atoms with E-state index in [1.807, 2.05) is 24.3 Å². The van der Waals surface area contributed by atoms with E-state index in [0.717, 1.165) is 69.9 Å². The third-order valence-electron chi connectivity index (χ3n) is 7.28. The molecule has 2 aromatic heterocycles. The van der Waals surface area contributed by atoms with Gasteiger partial charge in [0.1, 0.15) is 5.52 Å². The quantitative estimate of drug-likeness (QED) is 0.238. The number of carbonyl (C=O) groups is 1. The van der Waals surface area contributed by atoms with Gasteiger partial charge in [0.15, 0.2) is 11.5 Å². The number of aromatic nitrogens is 4. The molecule has 0 spiro atoms. The minimum atomic E-state index is -0.839. The second-order valence-electron chi connectivity index (χ2n) is 10.3. The molecule has 4 N–H and O–H groups in total. The Morgan fingerprint density at radius 1 is 1.23 bits per heavy atom. The molecule has 0 amide bonds. The Morgan fingerprint density at radius 2 is 2.02 bits per heavy atom. The number of aliphatic carboxylic acids is 1. The smallest absolute Gasteiger partial charge is 0.327 e. The van der Waals surface area contributed by atoms with E-state index in [-0.39, 0.29) is 17.5 Å². The number of benzene rings is 1. The normalized spacial score (nSPS) is 15.1. The number of nitrogens with one attached hydrogen (secondary N) is 1. The van der Waals surface area contributed by atoms with E-state index in [9.17, 15) is 14.7 Å². The van der Waals surface area contributed by atoms with Crippen molar-refractivity contribution in [1.29, 1.82) is 0 Å². The van der Waals surface area contributed by atoms with Crippen molar-refractivity contribution in [1.82, 2.24) is 29.3 Å². The van der Waals surface area contributed by atoms with E-state index in [0.29, 0.717) is 37.3 Å². The molecule has 4 rings (SSSR count). The largest absolute Gasteiger partial charge is 0.481 e.